The number of hydrogen-bond acceptors (Lipinski definition) is 6. The summed E-state index contributed by atoms with van der Waals surface area (Å²) in [6.07, 6.45) is 61.8. The average Bonchev–Trinajstić information content (AvgIpc) is 3.29. The lowest BCUT2D eigenvalue weighted by atomic mass is 10.0. The minimum absolute atomic E-state index is 0.0696. The van der Waals surface area contributed by atoms with Crippen LogP contribution in [0.3, 0.4) is 0 Å². The Morgan fingerprint density at radius 2 is 0.562 bits per heavy atom. The second-order valence-corrected chi connectivity index (χ2v) is 19.2. The quantitative estimate of drug-likeness (QED) is 0.0262. The topological polar surface area (TPSA) is 78.9 Å². The molecule has 0 saturated heterocycles. The molecule has 0 heterocycles. The minimum Gasteiger partial charge on any atom is -0.462 e. The van der Waals surface area contributed by atoms with Crippen LogP contribution in [-0.4, -0.2) is 37.2 Å². The third-order valence-electron chi connectivity index (χ3n) is 12.7. The zero-order valence-electron chi connectivity index (χ0n) is 43.1. The normalized spacial score (nSPS) is 12.1. The van der Waals surface area contributed by atoms with Crippen LogP contribution in [0.4, 0.5) is 0 Å². The number of carbonyl (C=O) groups is 3. The minimum atomic E-state index is -0.769. The van der Waals surface area contributed by atoms with Crippen LogP contribution in [0.25, 0.3) is 0 Å². The second kappa shape index (κ2) is 53.5. The van der Waals surface area contributed by atoms with Gasteiger partial charge in [-0.05, 0) is 51.4 Å². The SMILES string of the molecule is CCCCC/C=C\C/C=C\CCCCCCCCCC(=O)OC(COC(=O)CCCCCCCCCC)COC(=O)CCCCCCCCCCCCCCCCCCCCCCC. The largest absolute Gasteiger partial charge is 0.462 e. The van der Waals surface area contributed by atoms with E-state index in [-0.39, 0.29) is 31.1 Å². The summed E-state index contributed by atoms with van der Waals surface area (Å²) in [4.78, 5) is 38.0. The van der Waals surface area contributed by atoms with Gasteiger partial charge in [0.15, 0.2) is 6.10 Å². The Labute approximate surface area is 398 Å². The van der Waals surface area contributed by atoms with Gasteiger partial charge in [0, 0.05) is 19.3 Å². The van der Waals surface area contributed by atoms with E-state index >= 15 is 0 Å². The van der Waals surface area contributed by atoms with Gasteiger partial charge >= 0.3 is 17.9 Å². The van der Waals surface area contributed by atoms with Crippen LogP contribution in [-0.2, 0) is 28.6 Å². The van der Waals surface area contributed by atoms with Crippen molar-refractivity contribution in [2.75, 3.05) is 13.2 Å². The molecule has 0 aromatic carbocycles. The lowest BCUT2D eigenvalue weighted by Crippen LogP contribution is -2.30. The first kappa shape index (κ1) is 61.9. The van der Waals surface area contributed by atoms with E-state index in [4.69, 9.17) is 14.2 Å². The van der Waals surface area contributed by atoms with Crippen LogP contribution < -0.4 is 0 Å². The third kappa shape index (κ3) is 50.9. The van der Waals surface area contributed by atoms with Crippen LogP contribution in [0.5, 0.6) is 0 Å². The molecule has 6 heteroatoms. The summed E-state index contributed by atoms with van der Waals surface area (Å²) in [5.41, 5.74) is 0. The van der Waals surface area contributed by atoms with Crippen molar-refractivity contribution in [3.63, 3.8) is 0 Å². The van der Waals surface area contributed by atoms with Gasteiger partial charge in [-0.25, -0.2) is 0 Å². The molecule has 6 nitrogen and oxygen atoms in total. The van der Waals surface area contributed by atoms with Crippen molar-refractivity contribution in [3.05, 3.63) is 24.3 Å². The number of hydrogen-bond donors (Lipinski definition) is 0. The maximum Gasteiger partial charge on any atom is 0.306 e. The van der Waals surface area contributed by atoms with E-state index < -0.39 is 6.10 Å². The van der Waals surface area contributed by atoms with Crippen LogP contribution >= 0.6 is 0 Å². The zero-order chi connectivity index (χ0) is 46.5. The summed E-state index contributed by atoms with van der Waals surface area (Å²) in [5, 5.41) is 0. The lowest BCUT2D eigenvalue weighted by molar-refractivity contribution is -0.167. The Bertz CT molecular complexity index is 1040. The summed E-state index contributed by atoms with van der Waals surface area (Å²) in [7, 11) is 0. The van der Waals surface area contributed by atoms with Crippen molar-refractivity contribution >= 4 is 17.9 Å². The molecule has 0 aromatic heterocycles. The number of ether oxygens (including phenoxy) is 3. The molecule has 64 heavy (non-hydrogen) atoms. The second-order valence-electron chi connectivity index (χ2n) is 19.2. The molecule has 0 spiro atoms. The molecule has 1 unspecified atom stereocenters. The van der Waals surface area contributed by atoms with Gasteiger partial charge in [0.1, 0.15) is 13.2 Å². The molecule has 0 rings (SSSR count). The maximum atomic E-state index is 12.8. The van der Waals surface area contributed by atoms with Gasteiger partial charge in [-0.15, -0.1) is 0 Å². The first-order valence-electron chi connectivity index (χ1n) is 28.3. The fourth-order valence-corrected chi connectivity index (χ4v) is 8.42. The van der Waals surface area contributed by atoms with Gasteiger partial charge in [0.25, 0.3) is 0 Å². The van der Waals surface area contributed by atoms with Crippen molar-refractivity contribution in [3.8, 4) is 0 Å². The number of allylic oxidation sites excluding steroid dienone is 4. The highest BCUT2D eigenvalue weighted by Crippen LogP contribution is 2.17. The number of carbonyl (C=O) groups excluding carboxylic acids is 3. The van der Waals surface area contributed by atoms with Crippen molar-refractivity contribution in [1.82, 2.24) is 0 Å². The summed E-state index contributed by atoms with van der Waals surface area (Å²) in [6, 6.07) is 0. The Balaban J connectivity index is 4.19. The van der Waals surface area contributed by atoms with E-state index in [0.717, 1.165) is 70.6 Å². The molecule has 0 bridgehead atoms. The van der Waals surface area contributed by atoms with E-state index in [1.165, 1.54) is 199 Å². The van der Waals surface area contributed by atoms with E-state index in [1.807, 2.05) is 0 Å². The maximum absolute atomic E-state index is 12.8. The Kier molecular flexibility index (Phi) is 51.7. The van der Waals surface area contributed by atoms with E-state index in [2.05, 4.69) is 45.1 Å². The van der Waals surface area contributed by atoms with E-state index in [1.54, 1.807) is 0 Å². The molecular weight excluding hydrogens is 793 g/mol. The van der Waals surface area contributed by atoms with Gasteiger partial charge in [-0.1, -0.05) is 263 Å². The molecule has 0 radical (unpaired) electrons. The van der Waals surface area contributed by atoms with Gasteiger partial charge < -0.3 is 14.2 Å². The number of unbranched alkanes of at least 4 members (excludes halogenated alkanes) is 37. The summed E-state index contributed by atoms with van der Waals surface area (Å²) < 4.78 is 16.8. The highest BCUT2D eigenvalue weighted by Gasteiger charge is 2.19. The predicted molar refractivity (Wildman–Crippen MR) is 275 cm³/mol. The summed E-state index contributed by atoms with van der Waals surface area (Å²) in [6.45, 7) is 6.62. The number of esters is 3. The van der Waals surface area contributed by atoms with Crippen molar-refractivity contribution < 1.29 is 28.6 Å². The Hall–Kier alpha value is -2.11. The van der Waals surface area contributed by atoms with Crippen molar-refractivity contribution in [2.24, 2.45) is 0 Å². The summed E-state index contributed by atoms with van der Waals surface area (Å²) in [5.74, 6) is -0.864. The van der Waals surface area contributed by atoms with Gasteiger partial charge in [0.2, 0.25) is 0 Å². The molecule has 0 aliphatic carbocycles. The first-order valence-corrected chi connectivity index (χ1v) is 28.3. The molecular formula is C58H108O6. The fourth-order valence-electron chi connectivity index (χ4n) is 8.42. The highest BCUT2D eigenvalue weighted by atomic mass is 16.6. The first-order chi connectivity index (χ1) is 31.5. The van der Waals surface area contributed by atoms with E-state index in [0.29, 0.717) is 19.3 Å². The molecule has 0 N–H and O–H groups in total. The zero-order valence-corrected chi connectivity index (χ0v) is 43.1. The summed E-state index contributed by atoms with van der Waals surface area (Å²) >= 11 is 0. The monoisotopic (exact) mass is 901 g/mol. The molecule has 1 atom stereocenters. The average molecular weight is 901 g/mol. The van der Waals surface area contributed by atoms with Crippen LogP contribution in [0.1, 0.15) is 310 Å². The molecule has 0 saturated carbocycles. The number of rotatable bonds is 52. The van der Waals surface area contributed by atoms with Crippen LogP contribution in [0.15, 0.2) is 24.3 Å². The fraction of sp³-hybridized carbons (Fsp3) is 0.879. The molecule has 0 aliphatic heterocycles. The van der Waals surface area contributed by atoms with E-state index in [9.17, 15) is 14.4 Å². The standard InChI is InChI=1S/C58H108O6/c1-4-7-10-13-16-19-21-23-25-27-28-29-30-32-33-35-37-39-42-45-48-51-57(60)63-54-55(53-62-56(59)50-47-44-41-18-15-12-9-6-3)64-58(61)52-49-46-43-40-38-36-34-31-26-24-22-20-17-14-11-8-5-2/h17,20,24,26,55H,4-16,18-19,21-23,25,27-54H2,1-3H3/b20-17-,26-24-. The van der Waals surface area contributed by atoms with Gasteiger partial charge in [-0.2, -0.15) is 0 Å². The highest BCUT2D eigenvalue weighted by molar-refractivity contribution is 5.71. The van der Waals surface area contributed by atoms with Crippen LogP contribution in [0.2, 0.25) is 0 Å². The molecule has 376 valence electrons. The molecule has 0 fully saturated rings. The Morgan fingerprint density at radius 3 is 0.891 bits per heavy atom. The lowest BCUT2D eigenvalue weighted by Gasteiger charge is -2.18. The Morgan fingerprint density at radius 1 is 0.312 bits per heavy atom. The smallest absolute Gasteiger partial charge is 0.306 e. The van der Waals surface area contributed by atoms with Gasteiger partial charge in [-0.3, -0.25) is 14.4 Å². The predicted octanol–water partition coefficient (Wildman–Crippen LogP) is 18.7. The van der Waals surface area contributed by atoms with Crippen LogP contribution in [0, 0.1) is 0 Å². The molecule has 0 aromatic rings. The van der Waals surface area contributed by atoms with Crippen molar-refractivity contribution in [1.29, 1.82) is 0 Å². The van der Waals surface area contributed by atoms with Gasteiger partial charge in [0.05, 0.1) is 0 Å². The molecule has 0 amide bonds. The third-order valence-corrected chi connectivity index (χ3v) is 12.7. The van der Waals surface area contributed by atoms with Crippen molar-refractivity contribution in [2.45, 2.75) is 316 Å². The molecule has 0 aliphatic rings.